The number of hydrogen-bond acceptors (Lipinski definition) is 3. The summed E-state index contributed by atoms with van der Waals surface area (Å²) < 4.78 is 6.11. The smallest absolute Gasteiger partial charge is 0.191 e. The van der Waals surface area contributed by atoms with Crippen LogP contribution in [-0.4, -0.2) is 50.2 Å². The average molecular weight is 375 g/mol. The number of ether oxygens (including phenoxy) is 1. The third-order valence-electron chi connectivity index (χ3n) is 5.26. The van der Waals surface area contributed by atoms with Crippen molar-refractivity contribution >= 4 is 5.96 Å². The summed E-state index contributed by atoms with van der Waals surface area (Å²) in [5.74, 6) is 2.54. The third kappa shape index (κ3) is 7.06. The van der Waals surface area contributed by atoms with Crippen molar-refractivity contribution in [1.29, 1.82) is 0 Å². The molecule has 1 aliphatic heterocycles. The summed E-state index contributed by atoms with van der Waals surface area (Å²) in [6.45, 7) is 13.9. The van der Waals surface area contributed by atoms with Gasteiger partial charge in [-0.25, -0.2) is 0 Å². The van der Waals surface area contributed by atoms with Gasteiger partial charge in [0, 0.05) is 32.2 Å². The molecule has 0 bridgehead atoms. The Labute approximate surface area is 165 Å². The molecule has 1 aromatic carbocycles. The van der Waals surface area contributed by atoms with Gasteiger partial charge >= 0.3 is 0 Å². The highest BCUT2D eigenvalue weighted by Gasteiger charge is 2.21. The summed E-state index contributed by atoms with van der Waals surface area (Å²) in [5.41, 5.74) is 2.39. The van der Waals surface area contributed by atoms with E-state index in [2.05, 4.69) is 66.4 Å². The SMILES string of the molecule is CCCN1CCC(CNC(=NC)NCc2ccc(C)cc2OC(C)CC)C1. The minimum Gasteiger partial charge on any atom is -0.490 e. The molecule has 2 N–H and O–H groups in total. The molecule has 5 heteroatoms. The Kier molecular flexibility index (Phi) is 8.92. The standard InChI is InChI=1S/C22H38N4O/c1-6-11-26-12-10-19(16-26)14-24-22(23-5)25-15-20-9-8-17(3)13-21(20)27-18(4)7-2/h8-9,13,18-19H,6-7,10-12,14-16H2,1-5H3,(H2,23,24,25). The molecule has 0 aliphatic carbocycles. The number of hydrogen-bond donors (Lipinski definition) is 2. The second-order valence-corrected chi connectivity index (χ2v) is 7.71. The highest BCUT2D eigenvalue weighted by Crippen LogP contribution is 2.22. The minimum absolute atomic E-state index is 0.219. The molecule has 1 saturated heterocycles. The van der Waals surface area contributed by atoms with E-state index in [9.17, 15) is 0 Å². The summed E-state index contributed by atoms with van der Waals surface area (Å²) in [6, 6.07) is 6.41. The number of benzene rings is 1. The maximum atomic E-state index is 6.11. The van der Waals surface area contributed by atoms with Gasteiger partial charge in [0.05, 0.1) is 6.10 Å². The lowest BCUT2D eigenvalue weighted by Crippen LogP contribution is -2.40. The zero-order valence-corrected chi connectivity index (χ0v) is 17.8. The average Bonchev–Trinajstić information content (AvgIpc) is 3.11. The predicted molar refractivity (Wildman–Crippen MR) is 115 cm³/mol. The van der Waals surface area contributed by atoms with Gasteiger partial charge in [0.1, 0.15) is 5.75 Å². The number of nitrogens with zero attached hydrogens (tertiary/aromatic N) is 2. The van der Waals surface area contributed by atoms with Crippen LogP contribution in [0.1, 0.15) is 51.2 Å². The Balaban J connectivity index is 1.85. The van der Waals surface area contributed by atoms with Crippen molar-refractivity contribution in [3.05, 3.63) is 29.3 Å². The van der Waals surface area contributed by atoms with E-state index >= 15 is 0 Å². The molecular weight excluding hydrogens is 336 g/mol. The fourth-order valence-electron chi connectivity index (χ4n) is 3.46. The number of aliphatic imine (C=N–C) groups is 1. The fourth-order valence-corrected chi connectivity index (χ4v) is 3.46. The normalized spacial score (nSPS) is 19.1. The molecule has 1 fully saturated rings. The minimum atomic E-state index is 0.219. The molecule has 1 aliphatic rings. The number of aryl methyl sites for hydroxylation is 1. The van der Waals surface area contributed by atoms with Crippen LogP contribution < -0.4 is 15.4 Å². The first-order valence-corrected chi connectivity index (χ1v) is 10.5. The maximum absolute atomic E-state index is 6.11. The summed E-state index contributed by atoms with van der Waals surface area (Å²) in [4.78, 5) is 6.95. The molecule has 1 heterocycles. The summed E-state index contributed by atoms with van der Waals surface area (Å²) in [5, 5.41) is 6.94. The van der Waals surface area contributed by atoms with Crippen LogP contribution in [0, 0.1) is 12.8 Å². The molecular formula is C22H38N4O. The first-order chi connectivity index (χ1) is 13.0. The zero-order valence-electron chi connectivity index (χ0n) is 17.8. The quantitative estimate of drug-likeness (QED) is 0.512. The van der Waals surface area contributed by atoms with E-state index in [0.717, 1.165) is 24.7 Å². The summed E-state index contributed by atoms with van der Waals surface area (Å²) >= 11 is 0. The van der Waals surface area contributed by atoms with Crippen LogP contribution in [-0.2, 0) is 6.54 Å². The molecule has 0 radical (unpaired) electrons. The lowest BCUT2D eigenvalue weighted by molar-refractivity contribution is 0.215. The Morgan fingerprint density at radius 2 is 2.15 bits per heavy atom. The second kappa shape index (κ2) is 11.2. The Morgan fingerprint density at radius 1 is 1.33 bits per heavy atom. The first-order valence-electron chi connectivity index (χ1n) is 10.5. The monoisotopic (exact) mass is 374 g/mol. The van der Waals surface area contributed by atoms with E-state index in [0.29, 0.717) is 12.5 Å². The topological polar surface area (TPSA) is 48.9 Å². The van der Waals surface area contributed by atoms with Crippen molar-refractivity contribution in [2.24, 2.45) is 10.9 Å². The lowest BCUT2D eigenvalue weighted by Gasteiger charge is -2.19. The molecule has 5 nitrogen and oxygen atoms in total. The zero-order chi connectivity index (χ0) is 19.6. The van der Waals surface area contributed by atoms with Crippen LogP contribution in [0.3, 0.4) is 0 Å². The van der Waals surface area contributed by atoms with Crippen molar-refractivity contribution in [3.63, 3.8) is 0 Å². The second-order valence-electron chi connectivity index (χ2n) is 7.71. The van der Waals surface area contributed by atoms with E-state index in [1.54, 1.807) is 0 Å². The molecule has 2 unspecified atom stereocenters. The highest BCUT2D eigenvalue weighted by atomic mass is 16.5. The van der Waals surface area contributed by atoms with Gasteiger partial charge in [-0.05, 0) is 63.7 Å². The molecule has 0 aromatic heterocycles. The van der Waals surface area contributed by atoms with E-state index < -0.39 is 0 Å². The lowest BCUT2D eigenvalue weighted by atomic mass is 10.1. The van der Waals surface area contributed by atoms with Crippen molar-refractivity contribution in [3.8, 4) is 5.75 Å². The van der Waals surface area contributed by atoms with E-state index in [1.165, 1.54) is 43.6 Å². The van der Waals surface area contributed by atoms with Gasteiger partial charge in [0.15, 0.2) is 5.96 Å². The van der Waals surface area contributed by atoms with Gasteiger partial charge in [0.25, 0.3) is 0 Å². The van der Waals surface area contributed by atoms with Crippen LogP contribution in [0.5, 0.6) is 5.75 Å². The fraction of sp³-hybridized carbons (Fsp3) is 0.682. The third-order valence-corrected chi connectivity index (χ3v) is 5.26. The number of guanidine groups is 1. The van der Waals surface area contributed by atoms with Gasteiger partial charge in [-0.1, -0.05) is 26.0 Å². The Morgan fingerprint density at radius 3 is 2.85 bits per heavy atom. The highest BCUT2D eigenvalue weighted by molar-refractivity contribution is 5.79. The van der Waals surface area contributed by atoms with E-state index in [4.69, 9.17) is 4.74 Å². The van der Waals surface area contributed by atoms with Crippen LogP contribution in [0.25, 0.3) is 0 Å². The first kappa shape index (κ1) is 21.5. The van der Waals surface area contributed by atoms with Gasteiger partial charge in [-0.15, -0.1) is 0 Å². The summed E-state index contributed by atoms with van der Waals surface area (Å²) in [6.07, 6.45) is 3.73. The predicted octanol–water partition coefficient (Wildman–Crippen LogP) is 3.57. The Bertz CT molecular complexity index is 602. The van der Waals surface area contributed by atoms with Crippen LogP contribution in [0.15, 0.2) is 23.2 Å². The largest absolute Gasteiger partial charge is 0.490 e. The Hall–Kier alpha value is -1.75. The molecule has 152 valence electrons. The van der Waals surface area contributed by atoms with E-state index in [1.807, 2.05) is 7.05 Å². The van der Waals surface area contributed by atoms with Crippen molar-refractivity contribution < 1.29 is 4.74 Å². The maximum Gasteiger partial charge on any atom is 0.191 e. The van der Waals surface area contributed by atoms with Crippen molar-refractivity contribution in [2.75, 3.05) is 33.2 Å². The molecule has 0 saturated carbocycles. The summed E-state index contributed by atoms with van der Waals surface area (Å²) in [7, 11) is 1.83. The molecule has 0 amide bonds. The molecule has 2 atom stereocenters. The van der Waals surface area contributed by atoms with Gasteiger partial charge in [0.2, 0.25) is 0 Å². The van der Waals surface area contributed by atoms with Gasteiger partial charge < -0.3 is 20.3 Å². The van der Waals surface area contributed by atoms with E-state index in [-0.39, 0.29) is 6.10 Å². The van der Waals surface area contributed by atoms with Crippen LogP contribution in [0.4, 0.5) is 0 Å². The van der Waals surface area contributed by atoms with Crippen molar-refractivity contribution in [2.45, 2.75) is 59.6 Å². The van der Waals surface area contributed by atoms with Gasteiger partial charge in [-0.3, -0.25) is 4.99 Å². The number of likely N-dealkylation sites (tertiary alicyclic amines) is 1. The number of rotatable bonds is 9. The number of nitrogens with one attached hydrogen (secondary N) is 2. The molecule has 1 aromatic rings. The van der Waals surface area contributed by atoms with Crippen LogP contribution in [0.2, 0.25) is 0 Å². The van der Waals surface area contributed by atoms with Gasteiger partial charge in [-0.2, -0.15) is 0 Å². The van der Waals surface area contributed by atoms with Crippen LogP contribution >= 0.6 is 0 Å². The molecule has 27 heavy (non-hydrogen) atoms. The molecule has 2 rings (SSSR count). The molecule has 0 spiro atoms. The van der Waals surface area contributed by atoms with Crippen molar-refractivity contribution in [1.82, 2.24) is 15.5 Å².